The maximum absolute atomic E-state index is 9.00. The average Bonchev–Trinajstić information content (AvgIpc) is 2.89. The van der Waals surface area contributed by atoms with Gasteiger partial charge in [0, 0.05) is 10.9 Å². The topological polar surface area (TPSA) is 59.1 Å². The van der Waals surface area contributed by atoms with Crippen LogP contribution in [0.3, 0.4) is 0 Å². The summed E-state index contributed by atoms with van der Waals surface area (Å²) in [5.74, 6) is 0. The van der Waals surface area contributed by atoms with E-state index in [1.165, 1.54) is 5.56 Å². The Morgan fingerprint density at radius 2 is 2.06 bits per heavy atom. The maximum Gasteiger partial charge on any atom is 0.123 e. The Kier molecular flexibility index (Phi) is 4.47. The number of aromatic nitrogens is 1. The summed E-state index contributed by atoms with van der Waals surface area (Å²) >= 11 is 1.56. The average molecular weight is 262 g/mol. The molecular weight excluding hydrogens is 244 g/mol. The van der Waals surface area contributed by atoms with Gasteiger partial charge >= 0.3 is 0 Å². The first-order chi connectivity index (χ1) is 8.74. The molecule has 3 N–H and O–H groups in total. The molecule has 0 spiro atoms. The van der Waals surface area contributed by atoms with E-state index >= 15 is 0 Å². The zero-order chi connectivity index (χ0) is 13.0. The fourth-order valence-corrected chi connectivity index (χ4v) is 2.68. The molecule has 1 aromatic heterocycles. The van der Waals surface area contributed by atoms with Crippen molar-refractivity contribution < 1.29 is 5.11 Å². The molecule has 2 aromatic rings. The number of nitrogens with two attached hydrogens (primary N) is 1. The number of aliphatic hydroxyl groups excluding tert-OH is 1. The van der Waals surface area contributed by atoms with E-state index in [0.29, 0.717) is 0 Å². The van der Waals surface area contributed by atoms with Crippen LogP contribution >= 0.6 is 11.3 Å². The molecular formula is C14H18N2OS. The highest BCUT2D eigenvalue weighted by Crippen LogP contribution is 2.26. The largest absolute Gasteiger partial charge is 0.394 e. The molecule has 0 amide bonds. The van der Waals surface area contributed by atoms with E-state index in [1.807, 2.05) is 5.38 Å². The van der Waals surface area contributed by atoms with Crippen LogP contribution in [0.4, 0.5) is 0 Å². The van der Waals surface area contributed by atoms with Crippen LogP contribution in [-0.4, -0.2) is 16.7 Å². The summed E-state index contributed by atoms with van der Waals surface area (Å²) in [6.07, 6.45) is 2.27. The fraction of sp³-hybridized carbons (Fsp3) is 0.357. The number of rotatable bonds is 5. The minimum atomic E-state index is -0.380. The molecule has 1 heterocycles. The normalized spacial score (nSPS) is 12.6. The molecule has 4 heteroatoms. The lowest BCUT2D eigenvalue weighted by Gasteiger charge is -2.03. The number of nitrogens with zero attached hydrogens (tertiary/aromatic N) is 1. The highest BCUT2D eigenvalue weighted by Gasteiger charge is 2.10. The van der Waals surface area contributed by atoms with Crippen LogP contribution in [0.2, 0.25) is 0 Å². The van der Waals surface area contributed by atoms with Crippen molar-refractivity contribution in [3.63, 3.8) is 0 Å². The second-order valence-electron chi connectivity index (χ2n) is 4.31. The third-order valence-corrected chi connectivity index (χ3v) is 3.75. The Bertz CT molecular complexity index is 493. The molecule has 0 fully saturated rings. The minimum Gasteiger partial charge on any atom is -0.394 e. The van der Waals surface area contributed by atoms with Gasteiger partial charge in [-0.2, -0.15) is 0 Å². The van der Waals surface area contributed by atoms with Crippen LogP contribution in [0.15, 0.2) is 29.6 Å². The third kappa shape index (κ3) is 2.96. The number of thiazole rings is 1. The zero-order valence-electron chi connectivity index (χ0n) is 10.5. The van der Waals surface area contributed by atoms with Crippen LogP contribution in [0.5, 0.6) is 0 Å². The Morgan fingerprint density at radius 3 is 2.67 bits per heavy atom. The van der Waals surface area contributed by atoms with E-state index in [9.17, 15) is 0 Å². The quantitative estimate of drug-likeness (QED) is 0.871. The Hall–Kier alpha value is -1.23. The molecule has 1 aromatic carbocycles. The lowest BCUT2D eigenvalue weighted by Crippen LogP contribution is -2.14. The molecule has 0 bridgehead atoms. The van der Waals surface area contributed by atoms with Gasteiger partial charge in [0.05, 0.1) is 18.3 Å². The summed E-state index contributed by atoms with van der Waals surface area (Å²) in [5, 5.41) is 11.9. The van der Waals surface area contributed by atoms with Gasteiger partial charge in [-0.25, -0.2) is 4.98 Å². The van der Waals surface area contributed by atoms with Crippen molar-refractivity contribution in [2.24, 2.45) is 5.73 Å². The Balaban J connectivity index is 2.18. The summed E-state index contributed by atoms with van der Waals surface area (Å²) in [6.45, 7) is 2.11. The lowest BCUT2D eigenvalue weighted by atomic mass is 10.1. The molecule has 0 aliphatic heterocycles. The third-order valence-electron chi connectivity index (χ3n) is 2.84. The number of hydrogen-bond donors (Lipinski definition) is 2. The lowest BCUT2D eigenvalue weighted by molar-refractivity contribution is 0.266. The second kappa shape index (κ2) is 6.09. The SMILES string of the molecule is CCCc1ccc(-c2nc(C(N)CO)cs2)cc1. The summed E-state index contributed by atoms with van der Waals surface area (Å²) in [5.41, 5.74) is 8.96. The Morgan fingerprint density at radius 1 is 1.33 bits per heavy atom. The van der Waals surface area contributed by atoms with Gasteiger partial charge in [-0.05, 0) is 12.0 Å². The first-order valence-electron chi connectivity index (χ1n) is 6.15. The zero-order valence-corrected chi connectivity index (χ0v) is 11.3. The molecule has 0 saturated carbocycles. The molecule has 1 atom stereocenters. The van der Waals surface area contributed by atoms with Crippen molar-refractivity contribution in [1.29, 1.82) is 0 Å². The summed E-state index contributed by atoms with van der Waals surface area (Å²) in [6, 6.07) is 8.10. The fourth-order valence-electron chi connectivity index (χ4n) is 1.79. The highest BCUT2D eigenvalue weighted by molar-refractivity contribution is 7.13. The van der Waals surface area contributed by atoms with Crippen LogP contribution < -0.4 is 5.73 Å². The van der Waals surface area contributed by atoms with E-state index < -0.39 is 0 Å². The summed E-state index contributed by atoms with van der Waals surface area (Å²) in [4.78, 5) is 4.46. The standard InChI is InChI=1S/C14H18N2OS/c1-2-3-10-4-6-11(7-5-10)14-16-13(9-18-14)12(15)8-17/h4-7,9,12,17H,2-3,8,15H2,1H3. The predicted molar refractivity (Wildman–Crippen MR) is 75.6 cm³/mol. The van der Waals surface area contributed by atoms with Gasteiger partial charge in [0.2, 0.25) is 0 Å². The molecule has 3 nitrogen and oxygen atoms in total. The number of hydrogen-bond acceptors (Lipinski definition) is 4. The van der Waals surface area contributed by atoms with Crippen LogP contribution in [0.1, 0.15) is 30.6 Å². The van der Waals surface area contributed by atoms with Gasteiger partial charge < -0.3 is 10.8 Å². The number of aryl methyl sites for hydroxylation is 1. The van der Waals surface area contributed by atoms with Gasteiger partial charge in [0.1, 0.15) is 5.01 Å². The van der Waals surface area contributed by atoms with E-state index in [2.05, 4.69) is 36.2 Å². The molecule has 96 valence electrons. The highest BCUT2D eigenvalue weighted by atomic mass is 32.1. The van der Waals surface area contributed by atoms with Gasteiger partial charge in [0.25, 0.3) is 0 Å². The number of aliphatic hydroxyl groups is 1. The molecule has 2 rings (SSSR count). The van der Waals surface area contributed by atoms with Gasteiger partial charge in [0.15, 0.2) is 0 Å². The maximum atomic E-state index is 9.00. The summed E-state index contributed by atoms with van der Waals surface area (Å²) in [7, 11) is 0. The minimum absolute atomic E-state index is 0.0708. The van der Waals surface area contributed by atoms with Crippen LogP contribution in [-0.2, 0) is 6.42 Å². The monoisotopic (exact) mass is 262 g/mol. The van der Waals surface area contributed by atoms with Crippen molar-refractivity contribution in [3.05, 3.63) is 40.9 Å². The second-order valence-corrected chi connectivity index (χ2v) is 5.17. The van der Waals surface area contributed by atoms with E-state index in [4.69, 9.17) is 10.8 Å². The van der Waals surface area contributed by atoms with E-state index in [-0.39, 0.29) is 12.6 Å². The molecule has 0 radical (unpaired) electrons. The van der Waals surface area contributed by atoms with E-state index in [1.54, 1.807) is 11.3 Å². The smallest absolute Gasteiger partial charge is 0.123 e. The molecule has 0 aliphatic carbocycles. The molecule has 0 saturated heterocycles. The van der Waals surface area contributed by atoms with Crippen molar-refractivity contribution in [2.75, 3.05) is 6.61 Å². The Labute approximate surface area is 111 Å². The van der Waals surface area contributed by atoms with Gasteiger partial charge in [-0.15, -0.1) is 11.3 Å². The van der Waals surface area contributed by atoms with Crippen LogP contribution in [0.25, 0.3) is 10.6 Å². The van der Waals surface area contributed by atoms with Crippen molar-refractivity contribution >= 4 is 11.3 Å². The predicted octanol–water partition coefficient (Wildman–Crippen LogP) is 2.75. The summed E-state index contributed by atoms with van der Waals surface area (Å²) < 4.78 is 0. The van der Waals surface area contributed by atoms with Gasteiger partial charge in [-0.3, -0.25) is 0 Å². The number of benzene rings is 1. The molecule has 0 aliphatic rings. The molecule has 1 unspecified atom stereocenters. The molecule has 18 heavy (non-hydrogen) atoms. The van der Waals surface area contributed by atoms with Crippen molar-refractivity contribution in [2.45, 2.75) is 25.8 Å². The van der Waals surface area contributed by atoms with E-state index in [0.717, 1.165) is 29.1 Å². The van der Waals surface area contributed by atoms with Crippen molar-refractivity contribution in [3.8, 4) is 10.6 Å². The first kappa shape index (κ1) is 13.2. The van der Waals surface area contributed by atoms with Crippen LogP contribution in [0, 0.1) is 0 Å². The van der Waals surface area contributed by atoms with Gasteiger partial charge in [-0.1, -0.05) is 37.6 Å². The first-order valence-corrected chi connectivity index (χ1v) is 7.03. The van der Waals surface area contributed by atoms with Crippen molar-refractivity contribution in [1.82, 2.24) is 4.98 Å².